The monoisotopic (exact) mass is 404 g/mol. The van der Waals surface area contributed by atoms with Gasteiger partial charge in [0.05, 0.1) is 6.20 Å². The van der Waals surface area contributed by atoms with Gasteiger partial charge in [-0.15, -0.1) is 0 Å². The highest BCUT2D eigenvalue weighted by Gasteiger charge is 2.08. The Morgan fingerprint density at radius 1 is 0.857 bits per heavy atom. The molecule has 0 radical (unpaired) electrons. The summed E-state index contributed by atoms with van der Waals surface area (Å²) in [6.45, 7) is 2.27. The summed E-state index contributed by atoms with van der Waals surface area (Å²) in [5.41, 5.74) is 0.695. The van der Waals surface area contributed by atoms with E-state index in [1.807, 2.05) is 0 Å². The van der Waals surface area contributed by atoms with E-state index in [0.29, 0.717) is 16.7 Å². The Bertz CT molecular complexity index is 622. The van der Waals surface area contributed by atoms with Gasteiger partial charge in [0.1, 0.15) is 12.0 Å². The maximum Gasteiger partial charge on any atom is 0.256 e. The van der Waals surface area contributed by atoms with E-state index < -0.39 is 0 Å². The van der Waals surface area contributed by atoms with Crippen molar-refractivity contribution in [1.82, 2.24) is 9.97 Å². The van der Waals surface area contributed by atoms with Gasteiger partial charge >= 0.3 is 0 Å². The van der Waals surface area contributed by atoms with Crippen LogP contribution in [0.25, 0.3) is 11.5 Å². The van der Waals surface area contributed by atoms with Gasteiger partial charge in [-0.2, -0.15) is 0 Å². The van der Waals surface area contributed by atoms with Crippen molar-refractivity contribution < 1.29 is 8.83 Å². The first-order valence-corrected chi connectivity index (χ1v) is 12.0. The molecule has 2 aromatic heterocycles. The molecule has 5 heteroatoms. The highest BCUT2D eigenvalue weighted by molar-refractivity contribution is 7.99. The van der Waals surface area contributed by atoms with Gasteiger partial charge in [-0.3, -0.25) is 0 Å². The maximum atomic E-state index is 5.67. The van der Waals surface area contributed by atoms with Crippen LogP contribution in [0.4, 0.5) is 0 Å². The lowest BCUT2D eigenvalue weighted by atomic mass is 10.1. The summed E-state index contributed by atoms with van der Waals surface area (Å²) in [6.07, 6.45) is 26.8. The van der Waals surface area contributed by atoms with E-state index in [0.717, 1.165) is 5.75 Å². The summed E-state index contributed by atoms with van der Waals surface area (Å²) in [7, 11) is 0. The van der Waals surface area contributed by atoms with Crippen LogP contribution in [0, 0.1) is 0 Å². The van der Waals surface area contributed by atoms with E-state index >= 15 is 0 Å². The third kappa shape index (κ3) is 10.2. The minimum absolute atomic E-state index is 0.667. The van der Waals surface area contributed by atoms with Crippen molar-refractivity contribution in [2.45, 2.75) is 95.6 Å². The SMILES string of the molecule is CCCCCCCC/C=C\CCCCCCCSc1ncc(-c2cocn2)o1. The molecule has 0 N–H and O–H groups in total. The van der Waals surface area contributed by atoms with Gasteiger partial charge < -0.3 is 8.83 Å². The second-order valence-electron chi connectivity index (χ2n) is 7.30. The van der Waals surface area contributed by atoms with E-state index in [1.165, 1.54) is 89.9 Å². The first kappa shape index (κ1) is 22.8. The van der Waals surface area contributed by atoms with Crippen molar-refractivity contribution in [3.8, 4) is 11.5 Å². The zero-order chi connectivity index (χ0) is 19.7. The van der Waals surface area contributed by atoms with Gasteiger partial charge in [-0.25, -0.2) is 9.97 Å². The van der Waals surface area contributed by atoms with Gasteiger partial charge in [0.15, 0.2) is 12.2 Å². The summed E-state index contributed by atoms with van der Waals surface area (Å²) < 4.78 is 10.6. The van der Waals surface area contributed by atoms with E-state index in [9.17, 15) is 0 Å². The van der Waals surface area contributed by atoms with Crippen molar-refractivity contribution in [2.75, 3.05) is 5.75 Å². The second-order valence-corrected chi connectivity index (χ2v) is 8.34. The number of hydrogen-bond donors (Lipinski definition) is 0. The van der Waals surface area contributed by atoms with Crippen molar-refractivity contribution >= 4 is 11.8 Å². The Balaban J connectivity index is 1.36. The molecule has 0 aliphatic carbocycles. The molecular weight excluding hydrogens is 368 g/mol. The average molecular weight is 405 g/mol. The Kier molecular flexibility index (Phi) is 12.6. The van der Waals surface area contributed by atoms with Crippen LogP contribution in [0.1, 0.15) is 90.4 Å². The molecule has 0 atom stereocenters. The molecule has 0 amide bonds. The Labute approximate surface area is 174 Å². The first-order chi connectivity index (χ1) is 13.9. The third-order valence-electron chi connectivity index (χ3n) is 4.80. The maximum absolute atomic E-state index is 5.67. The molecule has 2 heterocycles. The van der Waals surface area contributed by atoms with Crippen LogP contribution in [0.3, 0.4) is 0 Å². The zero-order valence-electron chi connectivity index (χ0n) is 17.4. The molecule has 0 aromatic carbocycles. The second kappa shape index (κ2) is 15.4. The quantitative estimate of drug-likeness (QED) is 0.151. The number of aromatic nitrogens is 2. The first-order valence-electron chi connectivity index (χ1n) is 11.0. The Hall–Kier alpha value is -1.49. The summed E-state index contributed by atoms with van der Waals surface area (Å²) in [5.74, 6) is 1.72. The van der Waals surface area contributed by atoms with Crippen molar-refractivity contribution in [3.63, 3.8) is 0 Å². The van der Waals surface area contributed by atoms with Crippen molar-refractivity contribution in [2.24, 2.45) is 0 Å². The van der Waals surface area contributed by atoms with Gasteiger partial charge in [0, 0.05) is 5.75 Å². The number of hydrogen-bond acceptors (Lipinski definition) is 5. The molecule has 0 unspecified atom stereocenters. The number of oxazole rings is 2. The predicted molar refractivity (Wildman–Crippen MR) is 118 cm³/mol. The minimum atomic E-state index is 0.667. The fraction of sp³-hybridized carbons (Fsp3) is 0.652. The fourth-order valence-corrected chi connectivity index (χ4v) is 3.91. The largest absolute Gasteiger partial charge is 0.451 e. The summed E-state index contributed by atoms with van der Waals surface area (Å²) in [6, 6.07) is 0. The van der Waals surface area contributed by atoms with Gasteiger partial charge in [0.25, 0.3) is 5.22 Å². The highest BCUT2D eigenvalue weighted by atomic mass is 32.2. The molecule has 4 nitrogen and oxygen atoms in total. The number of allylic oxidation sites excluding steroid dienone is 2. The minimum Gasteiger partial charge on any atom is -0.451 e. The lowest BCUT2D eigenvalue weighted by Crippen LogP contribution is -1.83. The third-order valence-corrected chi connectivity index (χ3v) is 5.73. The molecular formula is C23H36N2O2S. The van der Waals surface area contributed by atoms with Crippen LogP contribution >= 0.6 is 11.8 Å². The van der Waals surface area contributed by atoms with Crippen LogP contribution in [-0.4, -0.2) is 15.7 Å². The number of unbranched alkanes of at least 4 members (excludes halogenated alkanes) is 11. The van der Waals surface area contributed by atoms with E-state index in [1.54, 1.807) is 24.2 Å². The van der Waals surface area contributed by atoms with E-state index in [2.05, 4.69) is 29.0 Å². The van der Waals surface area contributed by atoms with Crippen LogP contribution in [0.5, 0.6) is 0 Å². The van der Waals surface area contributed by atoms with E-state index in [4.69, 9.17) is 8.83 Å². The predicted octanol–water partition coefficient (Wildman–Crippen LogP) is 8.07. The molecule has 0 spiro atoms. The Morgan fingerprint density at radius 3 is 2.21 bits per heavy atom. The van der Waals surface area contributed by atoms with Crippen LogP contribution < -0.4 is 0 Å². The van der Waals surface area contributed by atoms with Crippen LogP contribution in [0.2, 0.25) is 0 Å². The summed E-state index contributed by atoms with van der Waals surface area (Å²) in [4.78, 5) is 8.35. The molecule has 0 saturated heterocycles. The molecule has 0 bridgehead atoms. The molecule has 156 valence electrons. The molecule has 28 heavy (non-hydrogen) atoms. The van der Waals surface area contributed by atoms with E-state index in [-0.39, 0.29) is 0 Å². The topological polar surface area (TPSA) is 52.1 Å². The van der Waals surface area contributed by atoms with Crippen molar-refractivity contribution in [1.29, 1.82) is 0 Å². The van der Waals surface area contributed by atoms with Gasteiger partial charge in [-0.05, 0) is 32.1 Å². The fourth-order valence-electron chi connectivity index (χ4n) is 3.11. The zero-order valence-corrected chi connectivity index (χ0v) is 18.2. The van der Waals surface area contributed by atoms with Crippen molar-refractivity contribution in [3.05, 3.63) is 31.0 Å². The molecule has 0 saturated carbocycles. The lowest BCUT2D eigenvalue weighted by Gasteiger charge is -2.00. The molecule has 0 aliphatic heterocycles. The standard InChI is InChI=1S/C23H36N2O2S/c1-2-3-4-5-6-7-8-9-10-11-12-13-14-15-16-17-28-23-24-18-22(27-23)21-19-26-20-25-21/h9-10,18-20H,2-8,11-17H2,1H3/b10-9-. The van der Waals surface area contributed by atoms with Gasteiger partial charge in [0.2, 0.25) is 0 Å². The smallest absolute Gasteiger partial charge is 0.256 e. The summed E-state index contributed by atoms with van der Waals surface area (Å²) >= 11 is 1.68. The Morgan fingerprint density at radius 2 is 1.54 bits per heavy atom. The molecule has 0 aliphatic rings. The normalized spacial score (nSPS) is 11.6. The highest BCUT2D eigenvalue weighted by Crippen LogP contribution is 2.25. The number of thioether (sulfide) groups is 1. The average Bonchev–Trinajstić information content (AvgIpc) is 3.39. The molecule has 2 rings (SSSR count). The molecule has 0 fully saturated rings. The van der Waals surface area contributed by atoms with Crippen LogP contribution in [-0.2, 0) is 0 Å². The lowest BCUT2D eigenvalue weighted by molar-refractivity contribution is 0.464. The van der Waals surface area contributed by atoms with Gasteiger partial charge in [-0.1, -0.05) is 82.2 Å². The number of rotatable bonds is 17. The summed E-state index contributed by atoms with van der Waals surface area (Å²) in [5, 5.41) is 0.716. The number of nitrogens with zero attached hydrogens (tertiary/aromatic N) is 2. The van der Waals surface area contributed by atoms with Crippen LogP contribution in [0.15, 0.2) is 45.1 Å². The molecule has 2 aromatic rings.